The van der Waals surface area contributed by atoms with Gasteiger partial charge in [-0.05, 0) is 44.2 Å². The molecule has 1 aliphatic heterocycles. The first-order valence-corrected chi connectivity index (χ1v) is 11.9. The van der Waals surface area contributed by atoms with E-state index in [-0.39, 0.29) is 5.78 Å². The van der Waals surface area contributed by atoms with Gasteiger partial charge in [0.05, 0.1) is 15.8 Å². The van der Waals surface area contributed by atoms with E-state index in [1.54, 1.807) is 17.4 Å². The van der Waals surface area contributed by atoms with E-state index in [0.717, 1.165) is 50.9 Å². The second-order valence-corrected chi connectivity index (χ2v) is 8.81. The van der Waals surface area contributed by atoms with Gasteiger partial charge in [0.2, 0.25) is 0 Å². The number of anilines is 1. The highest BCUT2D eigenvalue weighted by atomic mass is 32.1. The van der Waals surface area contributed by atoms with Crippen LogP contribution in [0, 0.1) is 0 Å². The summed E-state index contributed by atoms with van der Waals surface area (Å²) in [5.41, 5.74) is 4.46. The van der Waals surface area contributed by atoms with Crippen LogP contribution in [0.2, 0.25) is 0 Å². The lowest BCUT2D eigenvalue weighted by Crippen LogP contribution is -2.22. The first-order valence-electron chi connectivity index (χ1n) is 11.1. The minimum Gasteiger partial charge on any atom is -0.456 e. The summed E-state index contributed by atoms with van der Waals surface area (Å²) in [6.45, 7) is 6.10. The van der Waals surface area contributed by atoms with Gasteiger partial charge in [-0.25, -0.2) is 4.98 Å². The first kappa shape index (κ1) is 21.2. The topological polar surface area (TPSA) is 42.4 Å². The number of allylic oxidation sites excluding steroid dienone is 2. The molecule has 0 unspecified atom stereocenters. The van der Waals surface area contributed by atoms with E-state index in [2.05, 4.69) is 49.1 Å². The minimum atomic E-state index is -0.0963. The molecule has 4 aromatic rings. The number of aromatic nitrogens is 1. The zero-order chi connectivity index (χ0) is 22.8. The molecule has 5 heteroatoms. The number of rotatable bonds is 6. The Balaban J connectivity index is 1.62. The van der Waals surface area contributed by atoms with Gasteiger partial charge in [-0.1, -0.05) is 42.5 Å². The summed E-state index contributed by atoms with van der Waals surface area (Å²) >= 11 is 1.60. The van der Waals surface area contributed by atoms with E-state index < -0.39 is 0 Å². The molecule has 5 rings (SSSR count). The number of ketones is 1. The molecule has 0 amide bonds. The van der Waals surface area contributed by atoms with Crippen molar-refractivity contribution < 1.29 is 9.53 Å². The zero-order valence-electron chi connectivity index (χ0n) is 18.6. The molecule has 0 atom stereocenters. The van der Waals surface area contributed by atoms with E-state index in [1.807, 2.05) is 48.5 Å². The maximum atomic E-state index is 13.0. The molecular weight excluding hydrogens is 428 g/mol. The highest BCUT2D eigenvalue weighted by molar-refractivity contribution is 7.19. The van der Waals surface area contributed by atoms with Crippen molar-refractivity contribution in [2.45, 2.75) is 13.8 Å². The molecule has 1 aliphatic rings. The van der Waals surface area contributed by atoms with Crippen molar-refractivity contribution in [2.24, 2.45) is 0 Å². The largest absolute Gasteiger partial charge is 0.456 e. The standard InChI is InChI=1S/C28H24N2O2S/c1-3-30(4-2)21-15-14-20-16-22(28-29-23-12-8-9-13-27(23)33-28)26(32-25(20)17-21)18-24(31)19-10-6-5-7-11-19/h5-18H,3-4H2,1-2H3/b26-18+. The van der Waals surface area contributed by atoms with E-state index in [9.17, 15) is 4.79 Å². The molecule has 1 aromatic heterocycles. The molecule has 2 heterocycles. The number of nitrogens with zero attached hydrogens (tertiary/aromatic N) is 2. The molecular formula is C28H24N2O2S. The summed E-state index contributed by atoms with van der Waals surface area (Å²) in [6, 6.07) is 23.6. The van der Waals surface area contributed by atoms with Crippen LogP contribution in [-0.4, -0.2) is 23.9 Å². The zero-order valence-corrected chi connectivity index (χ0v) is 19.4. The third kappa shape index (κ3) is 4.20. The Hall–Kier alpha value is -3.70. The Morgan fingerprint density at radius 1 is 1.00 bits per heavy atom. The van der Waals surface area contributed by atoms with Crippen LogP contribution in [0.15, 0.2) is 84.6 Å². The summed E-state index contributed by atoms with van der Waals surface area (Å²) in [5.74, 6) is 1.17. The highest BCUT2D eigenvalue weighted by Crippen LogP contribution is 2.40. The van der Waals surface area contributed by atoms with Crippen LogP contribution < -0.4 is 9.64 Å². The lowest BCUT2D eigenvalue weighted by molar-refractivity contribution is 0.104. The van der Waals surface area contributed by atoms with Crippen LogP contribution in [0.25, 0.3) is 21.9 Å². The predicted molar refractivity (Wildman–Crippen MR) is 137 cm³/mol. The molecule has 0 bridgehead atoms. The highest BCUT2D eigenvalue weighted by Gasteiger charge is 2.23. The molecule has 164 valence electrons. The predicted octanol–water partition coefficient (Wildman–Crippen LogP) is 6.84. The summed E-state index contributed by atoms with van der Waals surface area (Å²) < 4.78 is 7.48. The van der Waals surface area contributed by atoms with Crippen molar-refractivity contribution >= 4 is 44.7 Å². The fraction of sp³-hybridized carbons (Fsp3) is 0.143. The summed E-state index contributed by atoms with van der Waals surface area (Å²) in [7, 11) is 0. The molecule has 4 nitrogen and oxygen atoms in total. The van der Waals surface area contributed by atoms with Gasteiger partial charge in [-0.3, -0.25) is 4.79 Å². The summed E-state index contributed by atoms with van der Waals surface area (Å²) in [5, 5.41) is 0.835. The van der Waals surface area contributed by atoms with Gasteiger partial charge in [0.25, 0.3) is 0 Å². The molecule has 33 heavy (non-hydrogen) atoms. The summed E-state index contributed by atoms with van der Waals surface area (Å²) in [6.07, 6.45) is 3.66. The van der Waals surface area contributed by atoms with Gasteiger partial charge < -0.3 is 9.64 Å². The van der Waals surface area contributed by atoms with Crippen LogP contribution in [0.5, 0.6) is 5.75 Å². The number of carbonyl (C=O) groups excluding carboxylic acids is 1. The van der Waals surface area contributed by atoms with Crippen molar-refractivity contribution in [2.75, 3.05) is 18.0 Å². The number of benzene rings is 3. The Labute approximate surface area is 197 Å². The fourth-order valence-electron chi connectivity index (χ4n) is 3.98. The molecule has 0 radical (unpaired) electrons. The summed E-state index contributed by atoms with van der Waals surface area (Å²) in [4.78, 5) is 20.1. The van der Waals surface area contributed by atoms with Crippen LogP contribution >= 0.6 is 11.3 Å². The first-order chi connectivity index (χ1) is 16.2. The Kier molecular flexibility index (Phi) is 5.80. The third-order valence-corrected chi connectivity index (χ3v) is 6.83. The van der Waals surface area contributed by atoms with Crippen LogP contribution in [-0.2, 0) is 0 Å². The maximum absolute atomic E-state index is 13.0. The molecule has 0 fully saturated rings. The van der Waals surface area contributed by atoms with Crippen molar-refractivity contribution in [1.29, 1.82) is 0 Å². The Morgan fingerprint density at radius 2 is 1.76 bits per heavy atom. The average molecular weight is 453 g/mol. The number of hydrogen-bond donors (Lipinski definition) is 0. The lowest BCUT2D eigenvalue weighted by Gasteiger charge is -2.25. The Bertz CT molecular complexity index is 1350. The molecule has 0 saturated carbocycles. The number of para-hydroxylation sites is 1. The van der Waals surface area contributed by atoms with Crippen LogP contribution in [0.3, 0.4) is 0 Å². The number of carbonyl (C=O) groups is 1. The van der Waals surface area contributed by atoms with Gasteiger partial charge in [-0.2, -0.15) is 0 Å². The molecule has 3 aromatic carbocycles. The number of hydrogen-bond acceptors (Lipinski definition) is 5. The van der Waals surface area contributed by atoms with E-state index in [4.69, 9.17) is 9.72 Å². The van der Waals surface area contributed by atoms with Crippen molar-refractivity contribution in [3.63, 3.8) is 0 Å². The Morgan fingerprint density at radius 3 is 2.52 bits per heavy atom. The van der Waals surface area contributed by atoms with Crippen LogP contribution in [0.1, 0.15) is 34.8 Å². The number of ether oxygens (including phenoxy) is 1. The monoisotopic (exact) mass is 452 g/mol. The number of thiazole rings is 1. The molecule has 0 aliphatic carbocycles. The molecule has 0 spiro atoms. The molecule has 0 N–H and O–H groups in total. The van der Waals surface area contributed by atoms with Crippen LogP contribution in [0.4, 0.5) is 5.69 Å². The van der Waals surface area contributed by atoms with Gasteiger partial charge in [0.15, 0.2) is 5.78 Å². The van der Waals surface area contributed by atoms with Crippen molar-refractivity contribution in [3.8, 4) is 5.75 Å². The van der Waals surface area contributed by atoms with E-state index in [0.29, 0.717) is 11.3 Å². The van der Waals surface area contributed by atoms with Crippen molar-refractivity contribution in [1.82, 2.24) is 4.98 Å². The second-order valence-electron chi connectivity index (χ2n) is 7.78. The SMILES string of the molecule is CCN(CC)c1ccc2c(c1)O/C(=C/C(=O)c1ccccc1)C(c1nc3ccccc3s1)=C2. The third-order valence-electron chi connectivity index (χ3n) is 5.76. The van der Waals surface area contributed by atoms with Gasteiger partial charge in [-0.15, -0.1) is 11.3 Å². The number of fused-ring (bicyclic) bond motifs is 2. The smallest absolute Gasteiger partial charge is 0.189 e. The minimum absolute atomic E-state index is 0.0963. The van der Waals surface area contributed by atoms with Crippen molar-refractivity contribution in [3.05, 3.63) is 101 Å². The quantitative estimate of drug-likeness (QED) is 0.237. The lowest BCUT2D eigenvalue weighted by atomic mass is 10.0. The van der Waals surface area contributed by atoms with E-state index in [1.165, 1.54) is 0 Å². The fourth-order valence-corrected chi connectivity index (χ4v) is 4.97. The van der Waals surface area contributed by atoms with E-state index >= 15 is 0 Å². The molecule has 0 saturated heterocycles. The van der Waals surface area contributed by atoms with Gasteiger partial charge >= 0.3 is 0 Å². The van der Waals surface area contributed by atoms with Gasteiger partial charge in [0, 0.05) is 42.0 Å². The second kappa shape index (κ2) is 9.04. The maximum Gasteiger partial charge on any atom is 0.189 e. The average Bonchev–Trinajstić information content (AvgIpc) is 3.29. The van der Waals surface area contributed by atoms with Gasteiger partial charge in [0.1, 0.15) is 16.5 Å². The normalized spacial score (nSPS) is 14.0.